The lowest BCUT2D eigenvalue weighted by Gasteiger charge is -2.12. The average Bonchev–Trinajstić information content (AvgIpc) is 2.63. The first-order chi connectivity index (χ1) is 7.44. The monoisotopic (exact) mass is 247 g/mol. The number of halogens is 3. The van der Waals surface area contributed by atoms with E-state index in [0.29, 0.717) is 11.5 Å². The first kappa shape index (κ1) is 10.1. The number of fused-ring (bicyclic) bond motifs is 1. The van der Waals surface area contributed by atoms with Crippen LogP contribution in [-0.4, -0.2) is 12.7 Å². The highest BCUT2D eigenvalue weighted by Crippen LogP contribution is 2.59. The topological polar surface area (TPSA) is 44.5 Å². The number of rotatable bonds is 1. The standard InChI is InChI=1S/C10H8ClF2NO2/c11-6-1-5(9(14)3-10(9,12)13)2-7-8(6)16-4-15-7/h1-2H,3-4,14H2. The molecule has 0 amide bonds. The molecule has 16 heavy (non-hydrogen) atoms. The minimum Gasteiger partial charge on any atom is -0.454 e. The van der Waals surface area contributed by atoms with E-state index >= 15 is 0 Å². The molecule has 1 aliphatic carbocycles. The molecule has 1 aromatic carbocycles. The molecule has 1 heterocycles. The highest BCUT2D eigenvalue weighted by Gasteiger charge is 2.70. The SMILES string of the molecule is NC1(c2cc(Cl)c3c(c2)OCO3)CC1(F)F. The summed E-state index contributed by atoms with van der Waals surface area (Å²) in [4.78, 5) is 0. The normalized spacial score (nSPS) is 29.2. The van der Waals surface area contributed by atoms with Crippen molar-refractivity contribution >= 4 is 11.6 Å². The van der Waals surface area contributed by atoms with E-state index in [0.717, 1.165) is 0 Å². The summed E-state index contributed by atoms with van der Waals surface area (Å²) in [7, 11) is 0. The van der Waals surface area contributed by atoms with E-state index in [1.165, 1.54) is 12.1 Å². The number of ether oxygens (including phenoxy) is 2. The summed E-state index contributed by atoms with van der Waals surface area (Å²) in [5, 5.41) is 0.248. The van der Waals surface area contributed by atoms with Gasteiger partial charge < -0.3 is 15.2 Å². The summed E-state index contributed by atoms with van der Waals surface area (Å²) in [6.45, 7) is 0.0481. The fourth-order valence-electron chi connectivity index (χ4n) is 1.84. The van der Waals surface area contributed by atoms with Crippen LogP contribution in [0.15, 0.2) is 12.1 Å². The highest BCUT2D eigenvalue weighted by atomic mass is 35.5. The molecule has 1 aromatic rings. The van der Waals surface area contributed by atoms with Crippen LogP contribution < -0.4 is 15.2 Å². The fraction of sp³-hybridized carbons (Fsp3) is 0.400. The van der Waals surface area contributed by atoms with Gasteiger partial charge in [-0.3, -0.25) is 0 Å². The van der Waals surface area contributed by atoms with Gasteiger partial charge in [0.05, 0.1) is 5.02 Å². The maximum atomic E-state index is 13.1. The van der Waals surface area contributed by atoms with E-state index in [1.54, 1.807) is 0 Å². The quantitative estimate of drug-likeness (QED) is 0.828. The Labute approximate surface area is 95.1 Å². The molecule has 1 fully saturated rings. The molecule has 6 heteroatoms. The molecule has 1 atom stereocenters. The maximum absolute atomic E-state index is 13.1. The number of benzene rings is 1. The predicted octanol–water partition coefficient (Wildman–Crippen LogP) is 2.26. The Kier molecular flexibility index (Phi) is 1.76. The molecule has 86 valence electrons. The molecule has 0 radical (unpaired) electrons. The Balaban J connectivity index is 2.08. The third-order valence-corrected chi connectivity index (χ3v) is 3.25. The van der Waals surface area contributed by atoms with Crippen LogP contribution in [0.3, 0.4) is 0 Å². The third-order valence-electron chi connectivity index (χ3n) is 2.97. The predicted molar refractivity (Wildman–Crippen MR) is 53.0 cm³/mol. The molecule has 2 N–H and O–H groups in total. The summed E-state index contributed by atoms with van der Waals surface area (Å²) < 4.78 is 36.4. The molecule has 2 aliphatic rings. The minimum absolute atomic E-state index is 0.0481. The van der Waals surface area contributed by atoms with Crippen LogP contribution in [0.4, 0.5) is 8.78 Å². The van der Waals surface area contributed by atoms with Crippen LogP contribution in [0.1, 0.15) is 12.0 Å². The molecular formula is C10H8ClF2NO2. The van der Waals surface area contributed by atoms with Crippen LogP contribution in [-0.2, 0) is 5.54 Å². The van der Waals surface area contributed by atoms with Gasteiger partial charge >= 0.3 is 0 Å². The van der Waals surface area contributed by atoms with Crippen molar-refractivity contribution in [3.63, 3.8) is 0 Å². The van der Waals surface area contributed by atoms with E-state index in [2.05, 4.69) is 0 Å². The van der Waals surface area contributed by atoms with Crippen LogP contribution in [0.2, 0.25) is 5.02 Å². The van der Waals surface area contributed by atoms with Gasteiger partial charge in [0.2, 0.25) is 6.79 Å². The fourth-order valence-corrected chi connectivity index (χ4v) is 2.11. The zero-order chi connectivity index (χ0) is 11.6. The van der Waals surface area contributed by atoms with Crippen LogP contribution in [0.5, 0.6) is 11.5 Å². The Morgan fingerprint density at radius 2 is 2.00 bits per heavy atom. The average molecular weight is 248 g/mol. The van der Waals surface area contributed by atoms with E-state index < -0.39 is 11.5 Å². The van der Waals surface area contributed by atoms with Crippen molar-refractivity contribution in [1.29, 1.82) is 0 Å². The lowest BCUT2D eigenvalue weighted by molar-refractivity contribution is 0.0891. The van der Waals surface area contributed by atoms with Crippen LogP contribution >= 0.6 is 11.6 Å². The van der Waals surface area contributed by atoms with Gasteiger partial charge in [-0.15, -0.1) is 0 Å². The van der Waals surface area contributed by atoms with E-state index in [4.69, 9.17) is 26.8 Å². The van der Waals surface area contributed by atoms with Gasteiger partial charge in [-0.25, -0.2) is 8.78 Å². The van der Waals surface area contributed by atoms with Crippen molar-refractivity contribution in [3.05, 3.63) is 22.7 Å². The molecule has 1 saturated carbocycles. The first-order valence-corrected chi connectivity index (χ1v) is 5.08. The Bertz CT molecular complexity index is 480. The largest absolute Gasteiger partial charge is 0.454 e. The third kappa shape index (κ3) is 1.15. The summed E-state index contributed by atoms with van der Waals surface area (Å²) in [6.07, 6.45) is -0.365. The van der Waals surface area contributed by atoms with Crippen molar-refractivity contribution in [2.24, 2.45) is 5.73 Å². The number of alkyl halides is 2. The van der Waals surface area contributed by atoms with Crippen molar-refractivity contribution in [1.82, 2.24) is 0 Å². The summed E-state index contributed by atoms with van der Waals surface area (Å²) in [6, 6.07) is 2.88. The van der Waals surface area contributed by atoms with Crippen LogP contribution in [0.25, 0.3) is 0 Å². The van der Waals surface area contributed by atoms with Gasteiger partial charge in [0, 0.05) is 6.42 Å². The van der Waals surface area contributed by atoms with Crippen molar-refractivity contribution in [2.75, 3.05) is 6.79 Å². The molecular weight excluding hydrogens is 240 g/mol. The number of hydrogen-bond acceptors (Lipinski definition) is 3. The van der Waals surface area contributed by atoms with Gasteiger partial charge in [0.25, 0.3) is 5.92 Å². The summed E-state index contributed by atoms with van der Waals surface area (Å²) >= 11 is 5.90. The van der Waals surface area contributed by atoms with Crippen molar-refractivity contribution < 1.29 is 18.3 Å². The van der Waals surface area contributed by atoms with E-state index in [9.17, 15) is 8.78 Å². The second-order valence-electron chi connectivity index (χ2n) is 4.04. The number of hydrogen-bond donors (Lipinski definition) is 1. The molecule has 1 aliphatic heterocycles. The second-order valence-corrected chi connectivity index (χ2v) is 4.45. The maximum Gasteiger partial charge on any atom is 0.272 e. The number of nitrogens with two attached hydrogens (primary N) is 1. The lowest BCUT2D eigenvalue weighted by Crippen LogP contribution is -2.27. The lowest BCUT2D eigenvalue weighted by atomic mass is 10.0. The molecule has 3 nitrogen and oxygen atoms in total. The zero-order valence-electron chi connectivity index (χ0n) is 8.10. The molecule has 1 unspecified atom stereocenters. The molecule has 0 spiro atoms. The van der Waals surface area contributed by atoms with Gasteiger partial charge in [-0.1, -0.05) is 11.6 Å². The smallest absolute Gasteiger partial charge is 0.272 e. The van der Waals surface area contributed by atoms with Crippen molar-refractivity contribution in [2.45, 2.75) is 17.9 Å². The van der Waals surface area contributed by atoms with Gasteiger partial charge in [-0.05, 0) is 17.7 Å². The molecule has 0 saturated heterocycles. The summed E-state index contributed by atoms with van der Waals surface area (Å²) in [5.41, 5.74) is 4.27. The highest BCUT2D eigenvalue weighted by molar-refractivity contribution is 6.32. The van der Waals surface area contributed by atoms with Gasteiger partial charge in [0.1, 0.15) is 5.54 Å². The molecule has 3 rings (SSSR count). The van der Waals surface area contributed by atoms with Crippen molar-refractivity contribution in [3.8, 4) is 11.5 Å². The van der Waals surface area contributed by atoms with E-state index in [-0.39, 0.29) is 23.8 Å². The Morgan fingerprint density at radius 1 is 1.31 bits per heavy atom. The zero-order valence-corrected chi connectivity index (χ0v) is 8.85. The molecule has 0 aromatic heterocycles. The van der Waals surface area contributed by atoms with Gasteiger partial charge in [0.15, 0.2) is 11.5 Å². The summed E-state index contributed by atoms with van der Waals surface area (Å²) in [5.74, 6) is -2.11. The molecule has 0 bridgehead atoms. The minimum atomic E-state index is -2.87. The Hall–Kier alpha value is -1.07. The van der Waals surface area contributed by atoms with Crippen LogP contribution in [0, 0.1) is 0 Å². The first-order valence-electron chi connectivity index (χ1n) is 4.70. The van der Waals surface area contributed by atoms with E-state index in [1.807, 2.05) is 0 Å². The van der Waals surface area contributed by atoms with Gasteiger partial charge in [-0.2, -0.15) is 0 Å². The second kappa shape index (κ2) is 2.78. The Morgan fingerprint density at radius 3 is 2.62 bits per heavy atom.